The van der Waals surface area contributed by atoms with Crippen LogP contribution in [0.4, 0.5) is 11.4 Å². The third-order valence-electron chi connectivity index (χ3n) is 6.30. The third kappa shape index (κ3) is 4.29. The summed E-state index contributed by atoms with van der Waals surface area (Å²) in [6.45, 7) is 5.57. The molecule has 4 rings (SSSR count). The van der Waals surface area contributed by atoms with Gasteiger partial charge < -0.3 is 20.3 Å². The second-order valence-corrected chi connectivity index (χ2v) is 9.11. The minimum atomic E-state index is -0.706. The number of ether oxygens (including phenoxy) is 1. The van der Waals surface area contributed by atoms with Crippen molar-refractivity contribution in [3.63, 3.8) is 0 Å². The molecule has 3 heterocycles. The normalized spacial score (nSPS) is 19.9. The van der Waals surface area contributed by atoms with Crippen molar-refractivity contribution in [3.8, 4) is 11.4 Å². The van der Waals surface area contributed by atoms with Crippen molar-refractivity contribution < 1.29 is 4.74 Å². The summed E-state index contributed by atoms with van der Waals surface area (Å²) >= 11 is 6.59. The summed E-state index contributed by atoms with van der Waals surface area (Å²) < 4.78 is 7.62. The van der Waals surface area contributed by atoms with Crippen LogP contribution in [0.3, 0.4) is 0 Å². The van der Waals surface area contributed by atoms with Crippen molar-refractivity contribution in [3.05, 3.63) is 69.4 Å². The highest BCUT2D eigenvalue weighted by molar-refractivity contribution is 6.33. The van der Waals surface area contributed by atoms with Gasteiger partial charge >= 0.3 is 0 Å². The molecule has 1 aliphatic heterocycles. The van der Waals surface area contributed by atoms with Gasteiger partial charge in [-0.1, -0.05) is 17.7 Å². The first kappa shape index (κ1) is 24.2. The number of aryl methyl sites for hydroxylation is 1. The topological polar surface area (TPSA) is 84.3 Å². The zero-order valence-corrected chi connectivity index (χ0v) is 21.0. The average molecular weight is 483 g/mol. The summed E-state index contributed by atoms with van der Waals surface area (Å²) in [4.78, 5) is 25.0. The van der Waals surface area contributed by atoms with Gasteiger partial charge in [0.2, 0.25) is 0 Å². The van der Waals surface area contributed by atoms with Crippen molar-refractivity contribution in [2.45, 2.75) is 25.5 Å². The highest BCUT2D eigenvalue weighted by Gasteiger charge is 2.47. The summed E-state index contributed by atoms with van der Waals surface area (Å²) in [5, 5.41) is 7.45. The van der Waals surface area contributed by atoms with E-state index in [-0.39, 0.29) is 11.7 Å². The highest BCUT2D eigenvalue weighted by Crippen LogP contribution is 2.34. The molecule has 2 N–H and O–H groups in total. The number of benzene rings is 1. The Morgan fingerprint density at radius 1 is 1.32 bits per heavy atom. The number of hydrogen-bond donors (Lipinski definition) is 2. The maximum atomic E-state index is 13.6. The van der Waals surface area contributed by atoms with E-state index in [0.717, 1.165) is 11.4 Å². The predicted molar refractivity (Wildman–Crippen MR) is 137 cm³/mol. The fourth-order valence-electron chi connectivity index (χ4n) is 4.44. The van der Waals surface area contributed by atoms with Crippen LogP contribution in [-0.4, -0.2) is 54.4 Å². The predicted octanol–water partition coefficient (Wildman–Crippen LogP) is 3.19. The molecule has 0 aliphatic carbocycles. The Morgan fingerprint density at radius 3 is 2.76 bits per heavy atom. The number of anilines is 2. The Hall–Kier alpha value is -2.94. The van der Waals surface area contributed by atoms with E-state index in [2.05, 4.69) is 15.6 Å². The number of nitrogens with zero attached hydrogens (tertiary/aromatic N) is 4. The lowest BCUT2D eigenvalue weighted by Gasteiger charge is -2.36. The van der Waals surface area contributed by atoms with E-state index in [1.165, 1.54) is 4.57 Å². The van der Waals surface area contributed by atoms with Gasteiger partial charge in [-0.15, -0.1) is 0 Å². The molecule has 0 saturated carbocycles. The van der Waals surface area contributed by atoms with Crippen molar-refractivity contribution in [1.82, 2.24) is 19.9 Å². The number of hydrogen-bond acceptors (Lipinski definition) is 7. The zero-order chi connectivity index (χ0) is 24.5. The average Bonchev–Trinajstić information content (AvgIpc) is 3.23. The van der Waals surface area contributed by atoms with Gasteiger partial charge in [-0.2, -0.15) is 0 Å². The lowest BCUT2D eigenvalue weighted by atomic mass is 9.90. The first-order chi connectivity index (χ1) is 16.3. The Labute approximate surface area is 204 Å². The molecule has 8 nitrogen and oxygen atoms in total. The van der Waals surface area contributed by atoms with Crippen LogP contribution in [0.5, 0.6) is 0 Å². The van der Waals surface area contributed by atoms with Crippen LogP contribution in [0.2, 0.25) is 5.02 Å². The summed E-state index contributed by atoms with van der Waals surface area (Å²) in [7, 11) is 5.62. The first-order valence-corrected chi connectivity index (χ1v) is 11.7. The molecule has 9 heteroatoms. The second kappa shape index (κ2) is 9.74. The SMILES string of the molecule is CCO[C@H]1CNC[C@@]1(Nc1c(C)nc(-c2ccc(N(C)C)cc2Cl)n(C)c1=O)c1ccccn1. The van der Waals surface area contributed by atoms with E-state index in [1.807, 2.05) is 69.2 Å². The van der Waals surface area contributed by atoms with E-state index in [1.54, 1.807) is 13.2 Å². The van der Waals surface area contributed by atoms with Crippen LogP contribution in [0.1, 0.15) is 18.3 Å². The monoisotopic (exact) mass is 482 g/mol. The van der Waals surface area contributed by atoms with Crippen molar-refractivity contribution in [2.75, 3.05) is 44.0 Å². The number of nitrogens with one attached hydrogen (secondary N) is 2. The van der Waals surface area contributed by atoms with Gasteiger partial charge in [0.15, 0.2) is 0 Å². The second-order valence-electron chi connectivity index (χ2n) is 8.70. The number of aromatic nitrogens is 3. The molecule has 34 heavy (non-hydrogen) atoms. The van der Waals surface area contributed by atoms with E-state index < -0.39 is 5.54 Å². The molecule has 0 spiro atoms. The van der Waals surface area contributed by atoms with E-state index in [0.29, 0.717) is 47.5 Å². The van der Waals surface area contributed by atoms with Gasteiger partial charge in [0.05, 0.1) is 22.5 Å². The molecule has 180 valence electrons. The maximum absolute atomic E-state index is 13.6. The molecule has 2 aromatic heterocycles. The quantitative estimate of drug-likeness (QED) is 0.535. The molecule has 1 aromatic carbocycles. The lowest BCUT2D eigenvalue weighted by Crippen LogP contribution is -2.49. The number of halogens is 1. The molecule has 1 aliphatic rings. The standard InChI is InChI=1S/C25H31ClN6O2/c1-6-34-21-14-27-15-25(21,20-9-7-8-12-28-20)30-22-16(2)29-23(32(5)24(22)33)18-11-10-17(31(3)4)13-19(18)26/h7-13,21,27,30H,6,14-15H2,1-5H3/t21-,25+/m0/s1. The largest absolute Gasteiger partial charge is 0.378 e. The van der Waals surface area contributed by atoms with Gasteiger partial charge in [0.1, 0.15) is 17.1 Å². The Morgan fingerprint density at radius 2 is 2.12 bits per heavy atom. The number of rotatable bonds is 7. The summed E-state index contributed by atoms with van der Waals surface area (Å²) in [5.41, 5.74) is 2.61. The molecule has 1 fully saturated rings. The van der Waals surface area contributed by atoms with E-state index >= 15 is 0 Å². The molecule has 0 unspecified atom stereocenters. The molecule has 2 atom stereocenters. The minimum absolute atomic E-state index is 0.187. The van der Waals surface area contributed by atoms with E-state index in [4.69, 9.17) is 21.3 Å². The van der Waals surface area contributed by atoms with Crippen LogP contribution in [0, 0.1) is 6.92 Å². The zero-order valence-electron chi connectivity index (χ0n) is 20.2. The van der Waals surface area contributed by atoms with Gasteiger partial charge in [0, 0.05) is 58.3 Å². The van der Waals surface area contributed by atoms with Gasteiger partial charge in [0.25, 0.3) is 5.56 Å². The summed E-state index contributed by atoms with van der Waals surface area (Å²) in [6, 6.07) is 11.5. The lowest BCUT2D eigenvalue weighted by molar-refractivity contribution is 0.0384. The Bertz CT molecular complexity index is 1230. The number of pyridine rings is 1. The minimum Gasteiger partial charge on any atom is -0.378 e. The Balaban J connectivity index is 1.80. The van der Waals surface area contributed by atoms with Crippen molar-refractivity contribution in [1.29, 1.82) is 0 Å². The molecule has 0 amide bonds. The van der Waals surface area contributed by atoms with Crippen LogP contribution in [-0.2, 0) is 17.3 Å². The van der Waals surface area contributed by atoms with E-state index in [9.17, 15) is 4.79 Å². The first-order valence-electron chi connectivity index (χ1n) is 11.4. The van der Waals surface area contributed by atoms with Crippen molar-refractivity contribution >= 4 is 23.0 Å². The molecule has 0 radical (unpaired) electrons. The van der Waals surface area contributed by atoms with Gasteiger partial charge in [-0.05, 0) is 44.2 Å². The molecular weight excluding hydrogens is 452 g/mol. The molecular formula is C25H31ClN6O2. The van der Waals surface area contributed by atoms with Crippen LogP contribution in [0.25, 0.3) is 11.4 Å². The van der Waals surface area contributed by atoms with Crippen molar-refractivity contribution in [2.24, 2.45) is 7.05 Å². The molecule has 0 bridgehead atoms. The highest BCUT2D eigenvalue weighted by atomic mass is 35.5. The molecule has 3 aromatic rings. The Kier molecular flexibility index (Phi) is 6.93. The van der Waals surface area contributed by atoms with Crippen LogP contribution in [0.15, 0.2) is 47.4 Å². The van der Waals surface area contributed by atoms with Gasteiger partial charge in [-0.25, -0.2) is 4.98 Å². The third-order valence-corrected chi connectivity index (χ3v) is 6.62. The van der Waals surface area contributed by atoms with Crippen LogP contribution < -0.4 is 21.1 Å². The summed E-state index contributed by atoms with van der Waals surface area (Å²) in [5.74, 6) is 0.515. The fourth-order valence-corrected chi connectivity index (χ4v) is 4.70. The van der Waals surface area contributed by atoms with Crippen LogP contribution >= 0.6 is 11.6 Å². The smallest absolute Gasteiger partial charge is 0.277 e. The fraction of sp³-hybridized carbons (Fsp3) is 0.400. The van der Waals surface area contributed by atoms with Gasteiger partial charge in [-0.3, -0.25) is 14.3 Å². The summed E-state index contributed by atoms with van der Waals surface area (Å²) in [6.07, 6.45) is 1.55. The molecule has 1 saturated heterocycles. The maximum Gasteiger partial charge on any atom is 0.277 e.